The second kappa shape index (κ2) is 2.48. The Bertz CT molecular complexity index is 116. The first-order valence-electron chi connectivity index (χ1n) is 4.29. The van der Waals surface area contributed by atoms with Crippen molar-refractivity contribution in [3.63, 3.8) is 0 Å². The number of nitrogens with two attached hydrogens (primary N) is 1. The van der Waals surface area contributed by atoms with Crippen molar-refractivity contribution in [2.45, 2.75) is 54.0 Å². The molecule has 0 aliphatic heterocycles. The molecule has 1 nitrogen and oxygen atoms in total. The van der Waals surface area contributed by atoms with Gasteiger partial charge in [0.25, 0.3) is 0 Å². The summed E-state index contributed by atoms with van der Waals surface area (Å²) in [5, 5.41) is 0. The van der Waals surface area contributed by atoms with Gasteiger partial charge in [-0.2, -0.15) is 0 Å². The van der Waals surface area contributed by atoms with Gasteiger partial charge in [-0.25, -0.2) is 0 Å². The zero-order chi connectivity index (χ0) is 9.50. The van der Waals surface area contributed by atoms with Gasteiger partial charge in [-0.05, 0) is 24.7 Å². The fraction of sp³-hybridized carbons (Fsp3) is 1.00. The minimum absolute atomic E-state index is 0.120. The van der Waals surface area contributed by atoms with Crippen LogP contribution in [0.2, 0.25) is 0 Å². The monoisotopic (exact) mass is 157 g/mol. The maximum Gasteiger partial charge on any atom is 0.0153 e. The average molecular weight is 157 g/mol. The molecule has 2 N–H and O–H groups in total. The van der Waals surface area contributed by atoms with E-state index >= 15 is 0 Å². The van der Waals surface area contributed by atoms with Gasteiger partial charge < -0.3 is 5.73 Å². The smallest absolute Gasteiger partial charge is 0.0153 e. The van der Waals surface area contributed by atoms with Gasteiger partial charge in [0.2, 0.25) is 0 Å². The molecule has 0 aromatic rings. The molecule has 0 unspecified atom stereocenters. The van der Waals surface area contributed by atoms with Crippen molar-refractivity contribution in [2.24, 2.45) is 16.6 Å². The van der Waals surface area contributed by atoms with Gasteiger partial charge in [0, 0.05) is 5.54 Å². The van der Waals surface area contributed by atoms with Crippen LogP contribution < -0.4 is 5.73 Å². The minimum Gasteiger partial charge on any atom is -0.325 e. The van der Waals surface area contributed by atoms with Crippen molar-refractivity contribution in [1.29, 1.82) is 0 Å². The molecule has 1 heteroatoms. The third-order valence-corrected chi connectivity index (χ3v) is 3.49. The molecular formula is C10H23N. The number of hydrogen-bond acceptors (Lipinski definition) is 1. The summed E-state index contributed by atoms with van der Waals surface area (Å²) in [6.07, 6.45) is 0. The summed E-state index contributed by atoms with van der Waals surface area (Å²) in [5.74, 6) is 0. The van der Waals surface area contributed by atoms with Gasteiger partial charge in [0.05, 0.1) is 0 Å². The fourth-order valence-corrected chi connectivity index (χ4v) is 0.967. The van der Waals surface area contributed by atoms with Crippen LogP contribution in [0.25, 0.3) is 0 Å². The maximum absolute atomic E-state index is 6.10. The van der Waals surface area contributed by atoms with E-state index < -0.39 is 0 Å². The lowest BCUT2D eigenvalue weighted by Crippen LogP contribution is -2.53. The summed E-state index contributed by atoms with van der Waals surface area (Å²) in [7, 11) is 0. The molecule has 0 saturated carbocycles. The van der Waals surface area contributed by atoms with E-state index in [0.29, 0.717) is 0 Å². The molecule has 0 amide bonds. The van der Waals surface area contributed by atoms with Crippen molar-refractivity contribution in [3.05, 3.63) is 0 Å². The Kier molecular flexibility index (Phi) is 2.47. The molecule has 0 atom stereocenters. The topological polar surface area (TPSA) is 26.0 Å². The van der Waals surface area contributed by atoms with Crippen molar-refractivity contribution < 1.29 is 0 Å². The zero-order valence-electron chi connectivity index (χ0n) is 9.08. The number of hydrogen-bond donors (Lipinski definition) is 1. The van der Waals surface area contributed by atoms with Gasteiger partial charge >= 0.3 is 0 Å². The molecule has 0 fully saturated rings. The van der Waals surface area contributed by atoms with Crippen molar-refractivity contribution in [3.8, 4) is 0 Å². The second-order valence-corrected chi connectivity index (χ2v) is 5.60. The summed E-state index contributed by atoms with van der Waals surface area (Å²) in [6.45, 7) is 15.4. The Morgan fingerprint density at radius 1 is 0.727 bits per heavy atom. The second-order valence-electron chi connectivity index (χ2n) is 5.60. The predicted octanol–water partition coefficient (Wildman–Crippen LogP) is 2.80. The van der Waals surface area contributed by atoms with Crippen LogP contribution in [0.1, 0.15) is 48.5 Å². The van der Waals surface area contributed by atoms with Gasteiger partial charge in [-0.3, -0.25) is 0 Å². The molecule has 11 heavy (non-hydrogen) atoms. The lowest BCUT2D eigenvalue weighted by atomic mass is 9.60. The summed E-state index contributed by atoms with van der Waals surface area (Å²) in [5.41, 5.74) is 6.39. The van der Waals surface area contributed by atoms with Crippen molar-refractivity contribution >= 4 is 0 Å². The van der Waals surface area contributed by atoms with Crippen LogP contribution in [0.4, 0.5) is 0 Å². The Morgan fingerprint density at radius 2 is 1.00 bits per heavy atom. The van der Waals surface area contributed by atoms with Gasteiger partial charge in [0.15, 0.2) is 0 Å². The van der Waals surface area contributed by atoms with E-state index in [1.165, 1.54) is 0 Å². The molecular weight excluding hydrogens is 134 g/mol. The van der Waals surface area contributed by atoms with Crippen LogP contribution >= 0.6 is 0 Å². The number of rotatable bonds is 1. The molecule has 0 radical (unpaired) electrons. The summed E-state index contributed by atoms with van der Waals surface area (Å²) < 4.78 is 0. The van der Waals surface area contributed by atoms with Crippen molar-refractivity contribution in [2.75, 3.05) is 0 Å². The molecule has 0 rings (SSSR count). The Morgan fingerprint density at radius 3 is 1.00 bits per heavy atom. The average Bonchev–Trinajstić information content (AvgIpc) is 1.58. The zero-order valence-corrected chi connectivity index (χ0v) is 9.08. The van der Waals surface area contributed by atoms with Crippen LogP contribution in [0, 0.1) is 10.8 Å². The van der Waals surface area contributed by atoms with Crippen LogP contribution in [0.5, 0.6) is 0 Å². The highest BCUT2D eigenvalue weighted by Gasteiger charge is 2.42. The van der Waals surface area contributed by atoms with Gasteiger partial charge in [-0.15, -0.1) is 0 Å². The van der Waals surface area contributed by atoms with Gasteiger partial charge in [0.1, 0.15) is 0 Å². The van der Waals surface area contributed by atoms with E-state index in [9.17, 15) is 0 Å². The molecule has 0 aromatic carbocycles. The third-order valence-electron chi connectivity index (χ3n) is 3.49. The molecule has 0 aliphatic rings. The molecule has 0 aromatic heterocycles. The van der Waals surface area contributed by atoms with E-state index in [1.807, 2.05) is 0 Å². The summed E-state index contributed by atoms with van der Waals surface area (Å²) in [4.78, 5) is 0. The summed E-state index contributed by atoms with van der Waals surface area (Å²) >= 11 is 0. The van der Waals surface area contributed by atoms with Crippen LogP contribution in [-0.4, -0.2) is 5.54 Å². The molecule has 0 spiro atoms. The van der Waals surface area contributed by atoms with E-state index in [1.54, 1.807) is 0 Å². The van der Waals surface area contributed by atoms with Crippen LogP contribution in [0.15, 0.2) is 0 Å². The Labute approximate surface area is 71.4 Å². The predicted molar refractivity (Wildman–Crippen MR) is 51.5 cm³/mol. The lowest BCUT2D eigenvalue weighted by Gasteiger charge is -2.48. The molecule has 0 bridgehead atoms. The maximum atomic E-state index is 6.10. The lowest BCUT2D eigenvalue weighted by molar-refractivity contribution is 0.0510. The van der Waals surface area contributed by atoms with Gasteiger partial charge in [-0.1, -0.05) is 34.6 Å². The third kappa shape index (κ3) is 1.96. The fourth-order valence-electron chi connectivity index (χ4n) is 0.967. The SMILES string of the molecule is CC(C)(C)C(C)(C)C(C)(C)N. The standard InChI is InChI=1S/C10H23N/c1-8(2,3)9(4,5)10(6,7)11/h11H2,1-7H3. The minimum atomic E-state index is -0.120. The quantitative estimate of drug-likeness (QED) is 0.622. The highest BCUT2D eigenvalue weighted by Crippen LogP contribution is 2.44. The first-order valence-corrected chi connectivity index (χ1v) is 4.29. The van der Waals surface area contributed by atoms with Crippen LogP contribution in [-0.2, 0) is 0 Å². The Balaban J connectivity index is 4.75. The van der Waals surface area contributed by atoms with E-state index in [-0.39, 0.29) is 16.4 Å². The molecule has 0 aliphatic carbocycles. The molecule has 0 saturated heterocycles. The molecule has 0 heterocycles. The first kappa shape index (κ1) is 11.0. The van der Waals surface area contributed by atoms with E-state index in [4.69, 9.17) is 5.73 Å². The normalized spacial score (nSPS) is 15.3. The highest BCUT2D eigenvalue weighted by molar-refractivity contribution is 4.97. The first-order chi connectivity index (χ1) is 4.50. The van der Waals surface area contributed by atoms with E-state index in [2.05, 4.69) is 48.5 Å². The summed E-state index contributed by atoms with van der Waals surface area (Å²) in [6, 6.07) is 0. The highest BCUT2D eigenvalue weighted by atomic mass is 14.8. The van der Waals surface area contributed by atoms with Crippen LogP contribution in [0.3, 0.4) is 0 Å². The largest absolute Gasteiger partial charge is 0.325 e. The Hall–Kier alpha value is -0.0400. The molecule has 68 valence electrons. The van der Waals surface area contributed by atoms with E-state index in [0.717, 1.165) is 0 Å². The van der Waals surface area contributed by atoms with Crippen molar-refractivity contribution in [1.82, 2.24) is 0 Å².